The third-order valence-corrected chi connectivity index (χ3v) is 2.53. The fourth-order valence-corrected chi connectivity index (χ4v) is 1.69. The van der Waals surface area contributed by atoms with Crippen molar-refractivity contribution in [3.05, 3.63) is 28.2 Å². The molecule has 0 aromatic carbocycles. The fraction of sp³-hybridized carbons (Fsp3) is 0.364. The Labute approximate surface area is 102 Å². The highest BCUT2D eigenvalue weighted by atomic mass is 16.4. The van der Waals surface area contributed by atoms with E-state index in [1.165, 1.54) is 6.20 Å². The molecule has 7 heteroatoms. The summed E-state index contributed by atoms with van der Waals surface area (Å²) in [5.74, 6) is -3.16. The summed E-state index contributed by atoms with van der Waals surface area (Å²) in [7, 11) is 0. The third-order valence-electron chi connectivity index (χ3n) is 2.53. The molecule has 1 aromatic rings. The van der Waals surface area contributed by atoms with E-state index in [2.05, 4.69) is 0 Å². The first-order chi connectivity index (χ1) is 8.38. The fourth-order valence-electron chi connectivity index (χ4n) is 1.69. The maximum atomic E-state index is 11.2. The van der Waals surface area contributed by atoms with Crippen LogP contribution in [0.1, 0.15) is 25.1 Å². The van der Waals surface area contributed by atoms with Gasteiger partial charge >= 0.3 is 11.9 Å². The number of carbonyl (C=O) groups is 2. The second-order valence-corrected chi connectivity index (χ2v) is 3.69. The van der Waals surface area contributed by atoms with E-state index >= 15 is 0 Å². The van der Waals surface area contributed by atoms with Crippen molar-refractivity contribution in [3.63, 3.8) is 0 Å². The van der Waals surface area contributed by atoms with Gasteiger partial charge in [-0.15, -0.1) is 0 Å². The number of hydrogen-bond acceptors (Lipinski definition) is 4. The monoisotopic (exact) mass is 255 g/mol. The quantitative estimate of drug-likeness (QED) is 0.692. The summed E-state index contributed by atoms with van der Waals surface area (Å²) in [6, 6.07) is -0.351. The van der Waals surface area contributed by atoms with Crippen molar-refractivity contribution in [1.29, 1.82) is 0 Å². The van der Waals surface area contributed by atoms with E-state index in [9.17, 15) is 19.5 Å². The Morgan fingerprint density at radius 1 is 1.39 bits per heavy atom. The van der Waals surface area contributed by atoms with Crippen LogP contribution in [0.5, 0.6) is 5.75 Å². The Kier molecular flexibility index (Phi) is 4.09. The Balaban J connectivity index is 3.36. The first kappa shape index (κ1) is 13.8. The van der Waals surface area contributed by atoms with Gasteiger partial charge in [-0.05, 0) is 6.42 Å². The minimum atomic E-state index is -1.36. The number of aromatic hydroxyl groups is 1. The van der Waals surface area contributed by atoms with Gasteiger partial charge in [0.25, 0.3) is 0 Å². The van der Waals surface area contributed by atoms with Gasteiger partial charge in [-0.2, -0.15) is 0 Å². The van der Waals surface area contributed by atoms with Crippen LogP contribution in [0.15, 0.2) is 17.1 Å². The van der Waals surface area contributed by atoms with E-state index in [1.54, 1.807) is 6.92 Å². The number of aromatic nitrogens is 1. The van der Waals surface area contributed by atoms with Crippen LogP contribution in [0, 0.1) is 0 Å². The van der Waals surface area contributed by atoms with E-state index in [-0.39, 0.29) is 12.1 Å². The third kappa shape index (κ3) is 2.68. The molecule has 0 spiro atoms. The predicted molar refractivity (Wildman–Crippen MR) is 60.7 cm³/mol. The molecule has 1 atom stereocenters. The topological polar surface area (TPSA) is 117 Å². The average molecular weight is 255 g/mol. The standard InChI is InChI=1S/C11H13NO6/c1-2-6-10(16)8(13)3-4-12(6)7(11(17)18)5-9(14)15/h3-4,7,16H,2,5H2,1H3,(H,14,15)(H,17,18). The van der Waals surface area contributed by atoms with Gasteiger partial charge in [0.1, 0.15) is 6.04 Å². The highest BCUT2D eigenvalue weighted by Crippen LogP contribution is 2.20. The zero-order chi connectivity index (χ0) is 13.9. The van der Waals surface area contributed by atoms with Crippen LogP contribution in [0.25, 0.3) is 0 Å². The molecular formula is C11H13NO6. The van der Waals surface area contributed by atoms with E-state index in [4.69, 9.17) is 10.2 Å². The summed E-state index contributed by atoms with van der Waals surface area (Å²) < 4.78 is 1.10. The number of aliphatic carboxylic acids is 2. The molecule has 0 aliphatic heterocycles. The van der Waals surface area contributed by atoms with E-state index in [0.29, 0.717) is 0 Å². The van der Waals surface area contributed by atoms with Gasteiger partial charge in [-0.3, -0.25) is 9.59 Å². The molecular weight excluding hydrogens is 242 g/mol. The number of carboxylic acids is 2. The average Bonchev–Trinajstić information content (AvgIpc) is 2.29. The molecule has 0 fully saturated rings. The number of carboxylic acid groups (broad SMARTS) is 2. The molecule has 0 saturated heterocycles. The molecule has 0 amide bonds. The molecule has 1 rings (SSSR count). The second kappa shape index (κ2) is 5.35. The maximum Gasteiger partial charge on any atom is 0.327 e. The molecule has 0 bridgehead atoms. The maximum absolute atomic E-state index is 11.2. The van der Waals surface area contributed by atoms with Crippen LogP contribution in [-0.2, 0) is 16.0 Å². The normalized spacial score (nSPS) is 12.1. The van der Waals surface area contributed by atoms with Crippen molar-refractivity contribution >= 4 is 11.9 Å². The van der Waals surface area contributed by atoms with Crippen molar-refractivity contribution in [2.45, 2.75) is 25.8 Å². The summed E-state index contributed by atoms with van der Waals surface area (Å²) in [4.78, 5) is 32.9. The lowest BCUT2D eigenvalue weighted by Crippen LogP contribution is -2.25. The van der Waals surface area contributed by atoms with Crippen molar-refractivity contribution in [2.75, 3.05) is 0 Å². The summed E-state index contributed by atoms with van der Waals surface area (Å²) in [5, 5.41) is 27.3. The molecule has 7 nitrogen and oxygen atoms in total. The second-order valence-electron chi connectivity index (χ2n) is 3.69. The summed E-state index contributed by atoms with van der Waals surface area (Å²) in [6.45, 7) is 1.63. The Bertz CT molecular complexity index is 533. The highest BCUT2D eigenvalue weighted by molar-refractivity contribution is 5.79. The molecule has 0 radical (unpaired) electrons. The van der Waals surface area contributed by atoms with Gasteiger partial charge in [0.2, 0.25) is 5.43 Å². The minimum Gasteiger partial charge on any atom is -0.503 e. The summed E-state index contributed by atoms with van der Waals surface area (Å²) in [6.07, 6.45) is 0.762. The summed E-state index contributed by atoms with van der Waals surface area (Å²) in [5.41, 5.74) is -0.515. The van der Waals surface area contributed by atoms with Gasteiger partial charge in [-0.25, -0.2) is 4.79 Å². The van der Waals surface area contributed by atoms with Crippen LogP contribution in [-0.4, -0.2) is 31.8 Å². The van der Waals surface area contributed by atoms with E-state index in [0.717, 1.165) is 10.6 Å². The SMILES string of the molecule is CCc1c(O)c(=O)ccn1C(CC(=O)O)C(=O)O. The largest absolute Gasteiger partial charge is 0.503 e. The van der Waals surface area contributed by atoms with Gasteiger partial charge in [0, 0.05) is 12.3 Å². The molecule has 98 valence electrons. The first-order valence-corrected chi connectivity index (χ1v) is 5.26. The molecule has 0 aliphatic rings. The Hall–Kier alpha value is -2.31. The molecule has 0 saturated carbocycles. The molecule has 1 heterocycles. The number of nitrogens with zero attached hydrogens (tertiary/aromatic N) is 1. The number of pyridine rings is 1. The van der Waals surface area contributed by atoms with Gasteiger partial charge < -0.3 is 19.9 Å². The smallest absolute Gasteiger partial charge is 0.327 e. The van der Waals surface area contributed by atoms with Crippen molar-refractivity contribution < 1.29 is 24.9 Å². The first-order valence-electron chi connectivity index (χ1n) is 5.26. The number of rotatable bonds is 5. The molecule has 3 N–H and O–H groups in total. The molecule has 1 unspecified atom stereocenters. The minimum absolute atomic E-state index is 0.108. The zero-order valence-corrected chi connectivity index (χ0v) is 9.66. The molecule has 18 heavy (non-hydrogen) atoms. The van der Waals surface area contributed by atoms with E-state index < -0.39 is 35.6 Å². The Morgan fingerprint density at radius 2 is 2.00 bits per heavy atom. The highest BCUT2D eigenvalue weighted by Gasteiger charge is 2.25. The van der Waals surface area contributed by atoms with Crippen molar-refractivity contribution in [2.24, 2.45) is 0 Å². The van der Waals surface area contributed by atoms with Crippen molar-refractivity contribution in [1.82, 2.24) is 4.57 Å². The lowest BCUT2D eigenvalue weighted by atomic mass is 10.1. The lowest BCUT2D eigenvalue weighted by Gasteiger charge is -2.19. The zero-order valence-electron chi connectivity index (χ0n) is 9.66. The van der Waals surface area contributed by atoms with Crippen LogP contribution in [0.3, 0.4) is 0 Å². The lowest BCUT2D eigenvalue weighted by molar-refractivity contribution is -0.147. The van der Waals surface area contributed by atoms with Crippen LogP contribution < -0.4 is 5.43 Å². The van der Waals surface area contributed by atoms with Crippen molar-refractivity contribution in [3.8, 4) is 5.75 Å². The number of hydrogen-bond donors (Lipinski definition) is 3. The predicted octanol–water partition coefficient (Wildman–Crippen LogP) is 0.217. The molecule has 0 aliphatic carbocycles. The summed E-state index contributed by atoms with van der Waals surface area (Å²) >= 11 is 0. The van der Waals surface area contributed by atoms with Gasteiger partial charge in [0.05, 0.1) is 12.1 Å². The van der Waals surface area contributed by atoms with Gasteiger partial charge in [-0.1, -0.05) is 6.92 Å². The van der Waals surface area contributed by atoms with Crippen LogP contribution in [0.2, 0.25) is 0 Å². The molecule has 1 aromatic heterocycles. The van der Waals surface area contributed by atoms with E-state index in [1.807, 2.05) is 0 Å². The van der Waals surface area contributed by atoms with Crippen LogP contribution >= 0.6 is 0 Å². The Morgan fingerprint density at radius 3 is 2.44 bits per heavy atom. The van der Waals surface area contributed by atoms with Gasteiger partial charge in [0.15, 0.2) is 5.75 Å². The van der Waals surface area contributed by atoms with Crippen LogP contribution in [0.4, 0.5) is 0 Å².